The van der Waals surface area contributed by atoms with Crippen LogP contribution in [0.15, 0.2) is 30.3 Å². The third kappa shape index (κ3) is 5.88. The van der Waals surface area contributed by atoms with Crippen molar-refractivity contribution in [1.82, 2.24) is 20.2 Å². The third-order valence-electron chi connectivity index (χ3n) is 5.25. The SMILES string of the molecule is NCC(O)CNc1nc(N[C@@H](CO)c2ccc(F)cc2)nc(Nc2cc(C3CC3)[nH]n2)c1Cl. The van der Waals surface area contributed by atoms with E-state index in [0.717, 1.165) is 18.5 Å². The number of nitrogens with two attached hydrogens (primary N) is 1. The van der Waals surface area contributed by atoms with E-state index in [1.807, 2.05) is 6.07 Å². The van der Waals surface area contributed by atoms with E-state index in [0.29, 0.717) is 17.3 Å². The van der Waals surface area contributed by atoms with Gasteiger partial charge in [-0.1, -0.05) is 23.7 Å². The summed E-state index contributed by atoms with van der Waals surface area (Å²) in [5.74, 6) is 1.38. The Morgan fingerprint density at radius 1 is 1.21 bits per heavy atom. The summed E-state index contributed by atoms with van der Waals surface area (Å²) in [6, 6.07) is 7.07. The van der Waals surface area contributed by atoms with Crippen LogP contribution in [0.2, 0.25) is 5.02 Å². The molecule has 2 heterocycles. The smallest absolute Gasteiger partial charge is 0.227 e. The van der Waals surface area contributed by atoms with Gasteiger partial charge in [-0.2, -0.15) is 15.1 Å². The lowest BCUT2D eigenvalue weighted by molar-refractivity contribution is 0.196. The van der Waals surface area contributed by atoms with Crippen molar-refractivity contribution >= 4 is 35.0 Å². The predicted octanol–water partition coefficient (Wildman–Crippen LogP) is 2.49. The summed E-state index contributed by atoms with van der Waals surface area (Å²) in [7, 11) is 0. The monoisotopic (exact) mass is 476 g/mol. The van der Waals surface area contributed by atoms with Crippen molar-refractivity contribution in [3.05, 3.63) is 52.4 Å². The van der Waals surface area contributed by atoms with Gasteiger partial charge >= 0.3 is 0 Å². The molecule has 1 unspecified atom stereocenters. The maximum atomic E-state index is 13.3. The molecule has 0 saturated heterocycles. The molecule has 0 spiro atoms. The van der Waals surface area contributed by atoms with Crippen LogP contribution < -0.4 is 21.7 Å². The molecule has 4 rings (SSSR count). The highest BCUT2D eigenvalue weighted by Gasteiger charge is 2.26. The molecule has 1 saturated carbocycles. The number of hydrogen-bond donors (Lipinski definition) is 7. The van der Waals surface area contributed by atoms with Crippen LogP contribution in [0.3, 0.4) is 0 Å². The molecule has 2 aromatic heterocycles. The minimum Gasteiger partial charge on any atom is -0.394 e. The summed E-state index contributed by atoms with van der Waals surface area (Å²) in [4.78, 5) is 8.83. The number of aliphatic hydroxyl groups is 2. The van der Waals surface area contributed by atoms with Crippen LogP contribution >= 0.6 is 11.6 Å². The van der Waals surface area contributed by atoms with E-state index in [1.165, 1.54) is 12.1 Å². The van der Waals surface area contributed by atoms with E-state index < -0.39 is 12.1 Å². The molecule has 33 heavy (non-hydrogen) atoms. The first-order valence-corrected chi connectivity index (χ1v) is 11.0. The molecule has 0 aliphatic heterocycles. The molecule has 0 bridgehead atoms. The Morgan fingerprint density at radius 3 is 2.61 bits per heavy atom. The van der Waals surface area contributed by atoms with Crippen molar-refractivity contribution in [1.29, 1.82) is 0 Å². The highest BCUT2D eigenvalue weighted by atomic mass is 35.5. The Hall–Kier alpha value is -2.99. The van der Waals surface area contributed by atoms with E-state index in [-0.39, 0.29) is 48.1 Å². The molecule has 0 radical (unpaired) electrons. The van der Waals surface area contributed by atoms with Crippen LogP contribution in [0.1, 0.15) is 36.1 Å². The summed E-state index contributed by atoms with van der Waals surface area (Å²) < 4.78 is 13.3. The molecule has 176 valence electrons. The first-order chi connectivity index (χ1) is 16.0. The van der Waals surface area contributed by atoms with Crippen molar-refractivity contribution in [2.45, 2.75) is 30.9 Å². The Kier molecular flexibility index (Phi) is 7.23. The van der Waals surface area contributed by atoms with Gasteiger partial charge in [-0.05, 0) is 30.5 Å². The summed E-state index contributed by atoms with van der Waals surface area (Å²) in [6.45, 7) is -0.0822. The van der Waals surface area contributed by atoms with Gasteiger partial charge in [-0.15, -0.1) is 0 Å². The van der Waals surface area contributed by atoms with E-state index in [9.17, 15) is 14.6 Å². The molecule has 0 amide bonds. The minimum absolute atomic E-state index is 0.0697. The first-order valence-electron chi connectivity index (χ1n) is 10.6. The molecule has 12 heteroatoms. The standard InChI is InChI=1S/C21H26ClFN8O2/c22-18-19(25-9-14(33)8-24)28-21(26-16(10-32)12-3-5-13(23)6-4-12)29-20(18)27-17-7-15(30-31-17)11-1-2-11/h3-7,11,14,16,32-33H,1-2,8-10,24H2,(H4,25,26,27,28,29,30,31)/t14?,16-/m0/s1. The average Bonchev–Trinajstić information content (AvgIpc) is 3.57. The zero-order valence-electron chi connectivity index (χ0n) is 17.7. The number of aromatic nitrogens is 4. The van der Waals surface area contributed by atoms with Gasteiger partial charge in [0.2, 0.25) is 5.95 Å². The quantitative estimate of drug-likeness (QED) is 0.221. The molecule has 1 aliphatic rings. The Morgan fingerprint density at radius 2 is 1.94 bits per heavy atom. The van der Waals surface area contributed by atoms with Crippen LogP contribution in [-0.2, 0) is 0 Å². The second kappa shape index (κ2) is 10.3. The van der Waals surface area contributed by atoms with Gasteiger partial charge in [0.05, 0.1) is 18.8 Å². The van der Waals surface area contributed by atoms with Gasteiger partial charge < -0.3 is 31.9 Å². The minimum atomic E-state index is -0.791. The lowest BCUT2D eigenvalue weighted by Crippen LogP contribution is -2.28. The largest absolute Gasteiger partial charge is 0.394 e. The number of aliphatic hydroxyl groups excluding tert-OH is 2. The number of H-pyrrole nitrogens is 1. The summed E-state index contributed by atoms with van der Waals surface area (Å²) in [5, 5.41) is 36.3. The highest BCUT2D eigenvalue weighted by Crippen LogP contribution is 2.40. The van der Waals surface area contributed by atoms with Crippen LogP contribution in [0.25, 0.3) is 0 Å². The van der Waals surface area contributed by atoms with Crippen molar-refractivity contribution in [2.24, 2.45) is 5.73 Å². The maximum absolute atomic E-state index is 13.3. The van der Waals surface area contributed by atoms with E-state index in [1.54, 1.807) is 12.1 Å². The number of hydrogen-bond acceptors (Lipinski definition) is 9. The number of anilines is 4. The lowest BCUT2D eigenvalue weighted by Gasteiger charge is -2.19. The van der Waals surface area contributed by atoms with Crippen LogP contribution in [0.5, 0.6) is 0 Å². The van der Waals surface area contributed by atoms with E-state index in [4.69, 9.17) is 17.3 Å². The van der Waals surface area contributed by atoms with Gasteiger partial charge in [0, 0.05) is 30.8 Å². The van der Waals surface area contributed by atoms with Crippen LogP contribution in [0, 0.1) is 5.82 Å². The molecule has 10 nitrogen and oxygen atoms in total. The van der Waals surface area contributed by atoms with Crippen LogP contribution in [0.4, 0.5) is 27.8 Å². The van der Waals surface area contributed by atoms with Gasteiger partial charge in [0.1, 0.15) is 10.8 Å². The zero-order valence-corrected chi connectivity index (χ0v) is 18.5. The highest BCUT2D eigenvalue weighted by molar-refractivity contribution is 6.35. The number of halogens is 2. The number of aromatic amines is 1. The fraction of sp³-hybridized carbons (Fsp3) is 0.381. The fourth-order valence-corrected chi connectivity index (χ4v) is 3.42. The molecule has 1 fully saturated rings. The maximum Gasteiger partial charge on any atom is 0.227 e. The van der Waals surface area contributed by atoms with Gasteiger partial charge in [-0.25, -0.2) is 4.39 Å². The Bertz CT molecular complexity index is 1080. The normalized spacial score (nSPS) is 15.2. The van der Waals surface area contributed by atoms with Crippen molar-refractivity contribution in [2.75, 3.05) is 35.6 Å². The zero-order chi connectivity index (χ0) is 23.4. The molecule has 1 aliphatic carbocycles. The second-order valence-corrected chi connectivity index (χ2v) is 8.25. The number of benzene rings is 1. The van der Waals surface area contributed by atoms with Gasteiger partial charge in [0.25, 0.3) is 0 Å². The molecule has 3 aromatic rings. The Labute approximate surface area is 194 Å². The summed E-state index contributed by atoms with van der Waals surface area (Å²) in [5.41, 5.74) is 7.18. The van der Waals surface area contributed by atoms with Gasteiger partial charge in [-0.3, -0.25) is 5.10 Å². The number of nitrogens with zero attached hydrogens (tertiary/aromatic N) is 3. The topological polar surface area (TPSA) is 157 Å². The molecule has 1 aromatic carbocycles. The van der Waals surface area contributed by atoms with Crippen LogP contribution in [-0.4, -0.2) is 56.2 Å². The number of nitrogens with one attached hydrogen (secondary N) is 4. The van der Waals surface area contributed by atoms with Crippen molar-refractivity contribution < 1.29 is 14.6 Å². The molecule has 2 atom stereocenters. The van der Waals surface area contributed by atoms with Crippen molar-refractivity contribution in [3.8, 4) is 0 Å². The summed E-state index contributed by atoms with van der Waals surface area (Å²) in [6.07, 6.45) is 1.47. The second-order valence-electron chi connectivity index (χ2n) is 7.87. The van der Waals surface area contributed by atoms with E-state index >= 15 is 0 Å². The fourth-order valence-electron chi connectivity index (χ4n) is 3.22. The average molecular weight is 477 g/mol. The lowest BCUT2D eigenvalue weighted by atomic mass is 10.1. The summed E-state index contributed by atoms with van der Waals surface area (Å²) >= 11 is 6.52. The number of rotatable bonds is 11. The molecular weight excluding hydrogens is 451 g/mol. The Balaban J connectivity index is 1.60. The van der Waals surface area contributed by atoms with E-state index in [2.05, 4.69) is 36.1 Å². The van der Waals surface area contributed by atoms with Crippen molar-refractivity contribution in [3.63, 3.8) is 0 Å². The van der Waals surface area contributed by atoms with Gasteiger partial charge in [0.15, 0.2) is 17.5 Å². The molecular formula is C21H26ClFN8O2. The molecule has 8 N–H and O–H groups in total. The predicted molar refractivity (Wildman–Crippen MR) is 124 cm³/mol. The first kappa shape index (κ1) is 23.2. The third-order valence-corrected chi connectivity index (χ3v) is 5.61.